The lowest BCUT2D eigenvalue weighted by Gasteiger charge is -2.31. The zero-order chi connectivity index (χ0) is 12.9. The van der Waals surface area contributed by atoms with Crippen LogP contribution in [0.4, 0.5) is 4.79 Å². The summed E-state index contributed by atoms with van der Waals surface area (Å²) in [5.74, 6) is 0. The number of amides is 2. The Morgan fingerprint density at radius 3 is 2.82 bits per heavy atom. The molecule has 100 valence electrons. The van der Waals surface area contributed by atoms with Gasteiger partial charge in [-0.05, 0) is 12.8 Å². The number of nitrogens with zero attached hydrogens (tertiary/aromatic N) is 1. The zero-order valence-electron chi connectivity index (χ0n) is 9.85. The highest BCUT2D eigenvalue weighted by Crippen LogP contribution is 2.12. The number of nitrogens with one attached hydrogen (secondary N) is 2. The quantitative estimate of drug-likeness (QED) is 0.588. The van der Waals surface area contributed by atoms with Crippen molar-refractivity contribution >= 4 is 16.1 Å². The lowest BCUT2D eigenvalue weighted by molar-refractivity contribution is 0.221. The minimum absolute atomic E-state index is 0.118. The lowest BCUT2D eigenvalue weighted by atomic mass is 10.1. The second-order valence-corrected chi connectivity index (χ2v) is 6.07. The summed E-state index contributed by atoms with van der Waals surface area (Å²) >= 11 is 0. The number of aliphatic hydroxyl groups is 1. The third-order valence-electron chi connectivity index (χ3n) is 2.59. The number of aliphatic hydroxyl groups excluding tert-OH is 1. The molecule has 1 saturated heterocycles. The van der Waals surface area contributed by atoms with E-state index in [0.29, 0.717) is 13.1 Å². The lowest BCUT2D eigenvalue weighted by Crippen LogP contribution is -2.51. The number of carbonyl (C=O) groups is 1. The van der Waals surface area contributed by atoms with E-state index in [1.807, 2.05) is 0 Å². The van der Waals surface area contributed by atoms with Crippen molar-refractivity contribution in [2.24, 2.45) is 0 Å². The van der Waals surface area contributed by atoms with Gasteiger partial charge in [-0.2, -0.15) is 0 Å². The summed E-state index contributed by atoms with van der Waals surface area (Å²) in [6.45, 7) is 0.891. The maximum Gasteiger partial charge on any atom is 0.315 e. The minimum Gasteiger partial charge on any atom is -0.395 e. The molecule has 17 heavy (non-hydrogen) atoms. The van der Waals surface area contributed by atoms with Gasteiger partial charge < -0.3 is 15.7 Å². The third-order valence-corrected chi connectivity index (χ3v) is 3.86. The second kappa shape index (κ2) is 6.18. The molecule has 1 atom stereocenters. The number of hydrogen-bond donors (Lipinski definition) is 3. The Morgan fingerprint density at radius 1 is 1.53 bits per heavy atom. The minimum atomic E-state index is -3.19. The van der Waals surface area contributed by atoms with Crippen molar-refractivity contribution in [2.75, 3.05) is 32.5 Å². The number of piperidine rings is 1. The highest BCUT2D eigenvalue weighted by molar-refractivity contribution is 7.88. The maximum atomic E-state index is 11.4. The van der Waals surface area contributed by atoms with Crippen molar-refractivity contribution in [3.63, 3.8) is 0 Å². The number of carbonyl (C=O) groups excluding carboxylic acids is 1. The number of rotatable bonds is 4. The van der Waals surface area contributed by atoms with Crippen molar-refractivity contribution in [3.05, 3.63) is 0 Å². The smallest absolute Gasteiger partial charge is 0.315 e. The summed E-state index contributed by atoms with van der Waals surface area (Å²) < 4.78 is 24.1. The molecule has 8 heteroatoms. The fourth-order valence-corrected chi connectivity index (χ4v) is 2.68. The van der Waals surface area contributed by atoms with Crippen LogP contribution in [0.2, 0.25) is 0 Å². The van der Waals surface area contributed by atoms with E-state index in [2.05, 4.69) is 10.6 Å². The third kappa shape index (κ3) is 4.88. The summed E-state index contributed by atoms with van der Waals surface area (Å²) in [5, 5.41) is 13.7. The molecule has 1 unspecified atom stereocenters. The molecular formula is C9H19N3O4S. The average molecular weight is 265 g/mol. The van der Waals surface area contributed by atoms with Crippen molar-refractivity contribution in [1.82, 2.24) is 14.9 Å². The molecule has 2 amide bonds. The predicted molar refractivity (Wildman–Crippen MR) is 63.1 cm³/mol. The van der Waals surface area contributed by atoms with Crippen LogP contribution in [-0.2, 0) is 10.0 Å². The summed E-state index contributed by atoms with van der Waals surface area (Å²) in [4.78, 5) is 11.3. The molecular weight excluding hydrogens is 246 g/mol. The molecule has 0 saturated carbocycles. The first-order valence-corrected chi connectivity index (χ1v) is 7.38. The summed E-state index contributed by atoms with van der Waals surface area (Å²) in [5.41, 5.74) is 0. The van der Waals surface area contributed by atoms with Gasteiger partial charge in [0.05, 0.1) is 12.9 Å². The van der Waals surface area contributed by atoms with Gasteiger partial charge in [0.1, 0.15) is 0 Å². The summed E-state index contributed by atoms with van der Waals surface area (Å²) in [7, 11) is -3.19. The van der Waals surface area contributed by atoms with Crippen LogP contribution in [0.15, 0.2) is 0 Å². The monoisotopic (exact) mass is 265 g/mol. The number of hydrogen-bond acceptors (Lipinski definition) is 4. The molecule has 0 aromatic rings. The largest absolute Gasteiger partial charge is 0.395 e. The molecule has 0 aromatic carbocycles. The Labute approximate surface area is 101 Å². The summed E-state index contributed by atoms with van der Waals surface area (Å²) in [6.07, 6.45) is 2.66. The maximum absolute atomic E-state index is 11.4. The molecule has 1 rings (SSSR count). The number of urea groups is 1. The average Bonchev–Trinajstić information content (AvgIpc) is 2.25. The van der Waals surface area contributed by atoms with Gasteiger partial charge in [-0.15, -0.1) is 0 Å². The molecule has 3 N–H and O–H groups in total. The molecule has 1 fully saturated rings. The van der Waals surface area contributed by atoms with Crippen LogP contribution < -0.4 is 10.6 Å². The van der Waals surface area contributed by atoms with Crippen molar-refractivity contribution in [2.45, 2.75) is 18.9 Å². The fourth-order valence-electron chi connectivity index (χ4n) is 1.77. The van der Waals surface area contributed by atoms with Crippen LogP contribution in [-0.4, -0.2) is 62.4 Å². The van der Waals surface area contributed by atoms with Gasteiger partial charge in [-0.1, -0.05) is 0 Å². The van der Waals surface area contributed by atoms with Gasteiger partial charge in [-0.3, -0.25) is 0 Å². The van der Waals surface area contributed by atoms with Gasteiger partial charge in [0, 0.05) is 25.7 Å². The fraction of sp³-hybridized carbons (Fsp3) is 0.889. The molecule has 1 aliphatic heterocycles. The van der Waals surface area contributed by atoms with Gasteiger partial charge in [-0.25, -0.2) is 17.5 Å². The molecule has 0 radical (unpaired) electrons. The SMILES string of the molecule is CS(=O)(=O)N1CCCC(NC(=O)NCCO)C1. The van der Waals surface area contributed by atoms with E-state index in [1.54, 1.807) is 0 Å². The van der Waals surface area contributed by atoms with Gasteiger partial charge in [0.2, 0.25) is 10.0 Å². The van der Waals surface area contributed by atoms with Crippen molar-refractivity contribution in [3.8, 4) is 0 Å². The first-order chi connectivity index (χ1) is 7.93. The molecule has 0 aromatic heterocycles. The van der Waals surface area contributed by atoms with Crippen LogP contribution in [0, 0.1) is 0 Å². The van der Waals surface area contributed by atoms with Gasteiger partial charge in [0.15, 0.2) is 0 Å². The highest BCUT2D eigenvalue weighted by atomic mass is 32.2. The zero-order valence-corrected chi connectivity index (χ0v) is 10.7. The van der Waals surface area contributed by atoms with E-state index in [4.69, 9.17) is 5.11 Å². The van der Waals surface area contributed by atoms with E-state index in [1.165, 1.54) is 10.6 Å². The van der Waals surface area contributed by atoms with Gasteiger partial charge >= 0.3 is 6.03 Å². The van der Waals surface area contributed by atoms with E-state index in [0.717, 1.165) is 12.8 Å². The van der Waals surface area contributed by atoms with Crippen molar-refractivity contribution in [1.29, 1.82) is 0 Å². The Morgan fingerprint density at radius 2 is 2.24 bits per heavy atom. The molecule has 0 aliphatic carbocycles. The molecule has 0 bridgehead atoms. The predicted octanol–water partition coefficient (Wildman–Crippen LogP) is -1.30. The van der Waals surface area contributed by atoms with Crippen LogP contribution in [0.25, 0.3) is 0 Å². The van der Waals surface area contributed by atoms with E-state index in [9.17, 15) is 13.2 Å². The first kappa shape index (κ1) is 14.2. The first-order valence-electron chi connectivity index (χ1n) is 5.54. The van der Waals surface area contributed by atoms with Gasteiger partial charge in [0.25, 0.3) is 0 Å². The van der Waals surface area contributed by atoms with Crippen molar-refractivity contribution < 1.29 is 18.3 Å². The Balaban J connectivity index is 2.42. The Kier molecular flexibility index (Phi) is 5.16. The van der Waals surface area contributed by atoms with Crippen LogP contribution >= 0.6 is 0 Å². The summed E-state index contributed by atoms with van der Waals surface area (Å²) in [6, 6.07) is -0.545. The second-order valence-electron chi connectivity index (χ2n) is 4.08. The topological polar surface area (TPSA) is 98.7 Å². The number of sulfonamides is 1. The van der Waals surface area contributed by atoms with Crippen LogP contribution in [0.1, 0.15) is 12.8 Å². The van der Waals surface area contributed by atoms with E-state index >= 15 is 0 Å². The molecule has 0 spiro atoms. The van der Waals surface area contributed by atoms with Crippen LogP contribution in [0.5, 0.6) is 0 Å². The Bertz CT molecular complexity index is 357. The van der Waals surface area contributed by atoms with Crippen LogP contribution in [0.3, 0.4) is 0 Å². The Hall–Kier alpha value is -0.860. The molecule has 7 nitrogen and oxygen atoms in total. The van der Waals surface area contributed by atoms with E-state index in [-0.39, 0.29) is 25.2 Å². The molecule has 1 aliphatic rings. The highest BCUT2D eigenvalue weighted by Gasteiger charge is 2.26. The van der Waals surface area contributed by atoms with E-state index < -0.39 is 10.0 Å². The standard InChI is InChI=1S/C9H19N3O4S/c1-17(15,16)12-5-2-3-8(7-12)11-9(14)10-4-6-13/h8,13H,2-7H2,1H3,(H2,10,11,14). The molecule has 1 heterocycles. The normalized spacial score (nSPS) is 22.1.